The molecule has 0 aliphatic carbocycles. The summed E-state index contributed by atoms with van der Waals surface area (Å²) >= 11 is 0. The molecule has 0 saturated carbocycles. The number of nitrogens with one attached hydrogen (secondary N) is 3. The van der Waals surface area contributed by atoms with Gasteiger partial charge in [0.15, 0.2) is 6.54 Å². The predicted octanol–water partition coefficient (Wildman–Crippen LogP) is -0.491. The zero-order valence-corrected chi connectivity index (χ0v) is 14.9. The third kappa shape index (κ3) is 6.19. The second-order valence-corrected chi connectivity index (χ2v) is 6.74. The number of carbonyl (C=O) groups is 3. The zero-order chi connectivity index (χ0) is 18.2. The van der Waals surface area contributed by atoms with Gasteiger partial charge in [-0.05, 0) is 18.1 Å². The van der Waals surface area contributed by atoms with E-state index in [1.54, 1.807) is 0 Å². The molecule has 0 aromatic heterocycles. The topological polar surface area (TPSA) is 82.9 Å². The molecule has 0 radical (unpaired) electrons. The number of nitrogens with zero attached hydrogens (tertiary/aromatic N) is 1. The number of hydrogen-bond donors (Lipinski definition) is 3. The minimum absolute atomic E-state index is 0.0252. The fourth-order valence-electron chi connectivity index (χ4n) is 2.71. The first-order valence-electron chi connectivity index (χ1n) is 8.71. The molecule has 1 heterocycles. The van der Waals surface area contributed by atoms with Crippen molar-refractivity contribution in [1.29, 1.82) is 0 Å². The van der Waals surface area contributed by atoms with Crippen molar-refractivity contribution in [3.8, 4) is 0 Å². The van der Waals surface area contributed by atoms with Crippen molar-refractivity contribution in [3.05, 3.63) is 35.9 Å². The van der Waals surface area contributed by atoms with Gasteiger partial charge in [0.1, 0.15) is 0 Å². The van der Waals surface area contributed by atoms with Gasteiger partial charge in [-0.15, -0.1) is 0 Å². The van der Waals surface area contributed by atoms with Gasteiger partial charge in [-0.3, -0.25) is 14.9 Å². The molecule has 1 aromatic rings. The van der Waals surface area contributed by atoms with Crippen LogP contribution in [0.1, 0.15) is 24.2 Å². The summed E-state index contributed by atoms with van der Waals surface area (Å²) in [6, 6.07) is 8.76. The molecule has 1 aromatic carbocycles. The van der Waals surface area contributed by atoms with Crippen LogP contribution in [0.2, 0.25) is 0 Å². The summed E-state index contributed by atoms with van der Waals surface area (Å²) in [5, 5.41) is 5.01. The van der Waals surface area contributed by atoms with Gasteiger partial charge in [0.05, 0.1) is 26.2 Å². The van der Waals surface area contributed by atoms with E-state index in [1.165, 1.54) is 0 Å². The molecule has 136 valence electrons. The van der Waals surface area contributed by atoms with E-state index in [4.69, 9.17) is 0 Å². The quantitative estimate of drug-likeness (QED) is 0.672. The first-order chi connectivity index (χ1) is 12.0. The van der Waals surface area contributed by atoms with E-state index in [0.717, 1.165) is 4.90 Å². The van der Waals surface area contributed by atoms with Crippen LogP contribution in [0, 0.1) is 5.92 Å². The molecule has 7 heteroatoms. The second-order valence-electron chi connectivity index (χ2n) is 6.74. The molecule has 25 heavy (non-hydrogen) atoms. The Morgan fingerprint density at radius 2 is 1.76 bits per heavy atom. The number of hydrogen-bond acceptors (Lipinski definition) is 3. The molecule has 1 aliphatic rings. The van der Waals surface area contributed by atoms with Crippen LogP contribution in [0.4, 0.5) is 4.79 Å². The van der Waals surface area contributed by atoms with Gasteiger partial charge >= 0.3 is 6.03 Å². The first kappa shape index (κ1) is 18.9. The summed E-state index contributed by atoms with van der Waals surface area (Å²) in [5.41, 5.74) is 0.686. The highest BCUT2D eigenvalue weighted by molar-refractivity contribution is 5.95. The maximum absolute atomic E-state index is 12.4. The summed E-state index contributed by atoms with van der Waals surface area (Å²) in [5.74, 6) is 0.0676. The molecule has 1 saturated heterocycles. The lowest BCUT2D eigenvalue weighted by Crippen LogP contribution is -3.15. The van der Waals surface area contributed by atoms with Crippen LogP contribution in [-0.4, -0.2) is 62.0 Å². The Morgan fingerprint density at radius 3 is 2.36 bits per heavy atom. The van der Waals surface area contributed by atoms with E-state index in [2.05, 4.69) is 10.6 Å². The highest BCUT2D eigenvalue weighted by atomic mass is 16.2. The van der Waals surface area contributed by atoms with Gasteiger partial charge in [0.25, 0.3) is 11.8 Å². The summed E-state index contributed by atoms with van der Waals surface area (Å²) < 4.78 is 0. The van der Waals surface area contributed by atoms with Crippen molar-refractivity contribution < 1.29 is 19.3 Å². The molecule has 1 aliphatic heterocycles. The fourth-order valence-corrected chi connectivity index (χ4v) is 2.71. The van der Waals surface area contributed by atoms with Crippen LogP contribution in [0.15, 0.2) is 30.3 Å². The molecule has 0 atom stereocenters. The van der Waals surface area contributed by atoms with Crippen LogP contribution in [-0.2, 0) is 4.79 Å². The summed E-state index contributed by atoms with van der Waals surface area (Å²) in [6.45, 7) is 7.35. The number of piperazine rings is 1. The Labute approximate surface area is 148 Å². The fraction of sp³-hybridized carbons (Fsp3) is 0.500. The molecule has 1 fully saturated rings. The van der Waals surface area contributed by atoms with Crippen molar-refractivity contribution in [3.63, 3.8) is 0 Å². The third-order valence-corrected chi connectivity index (χ3v) is 4.11. The van der Waals surface area contributed by atoms with Gasteiger partial charge in [-0.2, -0.15) is 0 Å². The molecule has 0 spiro atoms. The monoisotopic (exact) mass is 347 g/mol. The number of quaternary nitrogens is 1. The SMILES string of the molecule is CC(C)CNC(=O)NC(=O)C[NH+]1CCN(C(=O)c2ccccc2)CC1. The standard InChI is InChI=1S/C18H26N4O3/c1-14(2)12-19-18(25)20-16(23)13-21-8-10-22(11-9-21)17(24)15-6-4-3-5-7-15/h3-7,14H,8-13H2,1-2H3,(H2,19,20,23,25)/p+1. The van der Waals surface area contributed by atoms with E-state index >= 15 is 0 Å². The number of rotatable bonds is 5. The number of benzene rings is 1. The van der Waals surface area contributed by atoms with E-state index < -0.39 is 6.03 Å². The second kappa shape index (κ2) is 9.17. The van der Waals surface area contributed by atoms with Crippen molar-refractivity contribution in [2.45, 2.75) is 13.8 Å². The van der Waals surface area contributed by atoms with Crippen LogP contribution in [0.3, 0.4) is 0 Å². The van der Waals surface area contributed by atoms with Gasteiger partial charge < -0.3 is 15.1 Å². The minimum Gasteiger partial charge on any atom is -0.338 e. The van der Waals surface area contributed by atoms with E-state index in [0.29, 0.717) is 44.2 Å². The molecule has 7 nitrogen and oxygen atoms in total. The van der Waals surface area contributed by atoms with Crippen molar-refractivity contribution in [2.24, 2.45) is 5.92 Å². The van der Waals surface area contributed by atoms with E-state index in [9.17, 15) is 14.4 Å². The van der Waals surface area contributed by atoms with Crippen molar-refractivity contribution >= 4 is 17.8 Å². The lowest BCUT2D eigenvalue weighted by atomic mass is 10.2. The molecule has 0 unspecified atom stereocenters. The summed E-state index contributed by atoms with van der Waals surface area (Å²) in [6.07, 6.45) is 0. The largest absolute Gasteiger partial charge is 0.338 e. The molecular formula is C18H27N4O3+. The first-order valence-corrected chi connectivity index (χ1v) is 8.71. The molecular weight excluding hydrogens is 320 g/mol. The molecule has 3 N–H and O–H groups in total. The highest BCUT2D eigenvalue weighted by Gasteiger charge is 2.26. The molecule has 2 rings (SSSR count). The van der Waals surface area contributed by atoms with Crippen LogP contribution < -0.4 is 15.5 Å². The van der Waals surface area contributed by atoms with Crippen LogP contribution >= 0.6 is 0 Å². The van der Waals surface area contributed by atoms with Crippen molar-refractivity contribution in [1.82, 2.24) is 15.5 Å². The third-order valence-electron chi connectivity index (χ3n) is 4.11. The van der Waals surface area contributed by atoms with Gasteiger partial charge in [0.2, 0.25) is 0 Å². The average molecular weight is 347 g/mol. The Kier molecular flexibility index (Phi) is 6.94. The Hall–Kier alpha value is -2.41. The Morgan fingerprint density at radius 1 is 1.12 bits per heavy atom. The smallest absolute Gasteiger partial charge is 0.321 e. The normalized spacial score (nSPS) is 15.1. The molecule has 0 bridgehead atoms. The molecule has 4 amide bonds. The average Bonchev–Trinajstić information content (AvgIpc) is 2.60. The van der Waals surface area contributed by atoms with Gasteiger partial charge in [0, 0.05) is 12.1 Å². The zero-order valence-electron chi connectivity index (χ0n) is 14.9. The highest BCUT2D eigenvalue weighted by Crippen LogP contribution is 2.04. The Balaban J connectivity index is 1.72. The van der Waals surface area contributed by atoms with E-state index in [-0.39, 0.29) is 18.4 Å². The number of urea groups is 1. The van der Waals surface area contributed by atoms with Crippen LogP contribution in [0.25, 0.3) is 0 Å². The summed E-state index contributed by atoms with van der Waals surface area (Å²) in [4.78, 5) is 38.8. The number of imide groups is 1. The van der Waals surface area contributed by atoms with Crippen LogP contribution in [0.5, 0.6) is 0 Å². The minimum atomic E-state index is -0.448. The summed E-state index contributed by atoms with van der Waals surface area (Å²) in [7, 11) is 0. The Bertz CT molecular complexity index is 596. The van der Waals surface area contributed by atoms with Crippen molar-refractivity contribution in [2.75, 3.05) is 39.3 Å². The van der Waals surface area contributed by atoms with Gasteiger partial charge in [-0.25, -0.2) is 4.79 Å². The maximum Gasteiger partial charge on any atom is 0.321 e. The van der Waals surface area contributed by atoms with Gasteiger partial charge in [-0.1, -0.05) is 32.0 Å². The number of carbonyl (C=O) groups excluding carboxylic acids is 3. The predicted molar refractivity (Wildman–Crippen MR) is 94.3 cm³/mol. The lowest BCUT2D eigenvalue weighted by molar-refractivity contribution is -0.895. The number of amides is 4. The maximum atomic E-state index is 12.4. The lowest BCUT2D eigenvalue weighted by Gasteiger charge is -2.31. The van der Waals surface area contributed by atoms with E-state index in [1.807, 2.05) is 49.1 Å².